The van der Waals surface area contributed by atoms with E-state index in [0.717, 1.165) is 56.9 Å². The highest BCUT2D eigenvalue weighted by atomic mass is 16.4. The van der Waals surface area contributed by atoms with Gasteiger partial charge < -0.3 is 19.5 Å². The van der Waals surface area contributed by atoms with Gasteiger partial charge in [-0.2, -0.15) is 0 Å². The van der Waals surface area contributed by atoms with Crippen molar-refractivity contribution in [2.24, 2.45) is 22.7 Å². The second-order valence-electron chi connectivity index (χ2n) is 12.7. The monoisotopic (exact) mass is 455 g/mol. The SMILES string of the molecule is C[C@]12CC[C@H](N3CCCC3)C[C@@]1(O)CC[C@@H]1[C@@H]2CC[C@]2(C)[C@@H](c3ccc(=O)oc3)CC[C@]12O. The van der Waals surface area contributed by atoms with Gasteiger partial charge in [0, 0.05) is 17.5 Å². The molecule has 5 nitrogen and oxygen atoms in total. The first-order chi connectivity index (χ1) is 15.7. The lowest BCUT2D eigenvalue weighted by molar-refractivity contribution is -0.250. The molecule has 4 aliphatic carbocycles. The predicted molar refractivity (Wildman–Crippen MR) is 127 cm³/mol. The molecule has 4 saturated carbocycles. The summed E-state index contributed by atoms with van der Waals surface area (Å²) in [5, 5.41) is 24.5. The number of fused-ring (bicyclic) bond motifs is 5. The van der Waals surface area contributed by atoms with E-state index in [4.69, 9.17) is 4.42 Å². The van der Waals surface area contributed by atoms with Crippen molar-refractivity contribution in [3.05, 3.63) is 34.4 Å². The van der Waals surface area contributed by atoms with Crippen molar-refractivity contribution in [3.63, 3.8) is 0 Å². The minimum atomic E-state index is -0.715. The average Bonchev–Trinajstić information content (AvgIpc) is 3.41. The van der Waals surface area contributed by atoms with Crippen LogP contribution in [-0.4, -0.2) is 45.4 Å². The number of aliphatic hydroxyl groups is 2. The largest absolute Gasteiger partial charge is 0.431 e. The van der Waals surface area contributed by atoms with Crippen LogP contribution in [0.5, 0.6) is 0 Å². The van der Waals surface area contributed by atoms with Crippen molar-refractivity contribution in [1.82, 2.24) is 4.90 Å². The van der Waals surface area contributed by atoms with Crippen LogP contribution in [-0.2, 0) is 0 Å². The molecular weight excluding hydrogens is 414 g/mol. The predicted octanol–water partition coefficient (Wildman–Crippen LogP) is 4.46. The Labute approximate surface area is 197 Å². The van der Waals surface area contributed by atoms with E-state index in [1.807, 2.05) is 6.07 Å². The van der Waals surface area contributed by atoms with Crippen molar-refractivity contribution in [2.75, 3.05) is 13.1 Å². The normalized spacial score (nSPS) is 49.9. The van der Waals surface area contributed by atoms with Gasteiger partial charge in [0.2, 0.25) is 0 Å². The topological polar surface area (TPSA) is 73.9 Å². The number of hydrogen-bond acceptors (Lipinski definition) is 5. The summed E-state index contributed by atoms with van der Waals surface area (Å²) in [6.07, 6.45) is 12.9. The van der Waals surface area contributed by atoms with E-state index >= 15 is 0 Å². The van der Waals surface area contributed by atoms with Crippen molar-refractivity contribution in [1.29, 1.82) is 0 Å². The van der Waals surface area contributed by atoms with Crippen molar-refractivity contribution >= 4 is 0 Å². The van der Waals surface area contributed by atoms with E-state index in [2.05, 4.69) is 18.7 Å². The molecule has 0 aromatic carbocycles. The molecule has 2 heterocycles. The number of rotatable bonds is 2. The molecule has 5 heteroatoms. The second kappa shape index (κ2) is 7.41. The Morgan fingerprint density at radius 3 is 2.36 bits per heavy atom. The Balaban J connectivity index is 1.29. The van der Waals surface area contributed by atoms with Crippen molar-refractivity contribution in [3.8, 4) is 0 Å². The van der Waals surface area contributed by atoms with E-state index in [1.54, 1.807) is 6.26 Å². The minimum absolute atomic E-state index is 0.110. The molecule has 6 rings (SSSR count). The van der Waals surface area contributed by atoms with Gasteiger partial charge in [0.05, 0.1) is 17.5 Å². The summed E-state index contributed by atoms with van der Waals surface area (Å²) in [7, 11) is 0. The maximum atomic E-state index is 12.4. The molecule has 0 spiro atoms. The second-order valence-corrected chi connectivity index (χ2v) is 12.7. The van der Waals surface area contributed by atoms with E-state index in [9.17, 15) is 15.0 Å². The molecule has 0 amide bonds. The highest BCUT2D eigenvalue weighted by Gasteiger charge is 2.70. The smallest absolute Gasteiger partial charge is 0.335 e. The molecule has 5 fully saturated rings. The molecule has 2 N–H and O–H groups in total. The third-order valence-electron chi connectivity index (χ3n) is 11.7. The summed E-state index contributed by atoms with van der Waals surface area (Å²) < 4.78 is 5.21. The molecule has 5 aliphatic rings. The summed E-state index contributed by atoms with van der Waals surface area (Å²) in [5.41, 5.74) is -0.911. The van der Waals surface area contributed by atoms with Crippen LogP contribution in [0.3, 0.4) is 0 Å². The first-order valence-corrected chi connectivity index (χ1v) is 13.5. The Bertz CT molecular complexity index is 950. The molecule has 1 aliphatic heterocycles. The summed E-state index contributed by atoms with van der Waals surface area (Å²) in [4.78, 5) is 14.1. The molecule has 0 unspecified atom stereocenters. The number of nitrogens with zero attached hydrogens (tertiary/aromatic N) is 1. The van der Waals surface area contributed by atoms with Gasteiger partial charge in [-0.3, -0.25) is 0 Å². The first kappa shape index (κ1) is 22.3. The third kappa shape index (κ3) is 2.97. The maximum Gasteiger partial charge on any atom is 0.335 e. The summed E-state index contributed by atoms with van der Waals surface area (Å²) in [6.45, 7) is 7.03. The van der Waals surface area contributed by atoms with Crippen molar-refractivity contribution in [2.45, 2.75) is 108 Å². The summed E-state index contributed by atoms with van der Waals surface area (Å²) in [5.74, 6) is 0.833. The highest BCUT2D eigenvalue weighted by Crippen LogP contribution is 2.71. The average molecular weight is 456 g/mol. The molecular formula is C28H41NO4. The van der Waals surface area contributed by atoms with Gasteiger partial charge in [-0.05, 0) is 119 Å². The Morgan fingerprint density at radius 1 is 0.909 bits per heavy atom. The van der Waals surface area contributed by atoms with E-state index in [0.29, 0.717) is 12.0 Å². The van der Waals surface area contributed by atoms with Crippen LogP contribution in [0.1, 0.15) is 96.0 Å². The lowest BCUT2D eigenvalue weighted by Gasteiger charge is -2.66. The van der Waals surface area contributed by atoms with Crippen LogP contribution in [0.2, 0.25) is 0 Å². The van der Waals surface area contributed by atoms with Crippen LogP contribution < -0.4 is 5.63 Å². The van der Waals surface area contributed by atoms with Crippen LogP contribution in [0.25, 0.3) is 0 Å². The van der Waals surface area contributed by atoms with E-state index < -0.39 is 11.2 Å². The standard InChI is InChI=1S/C28H41NO4/c1-25-11-7-20(29-15-3-4-16-29)17-27(25,31)13-9-23-22(25)8-12-26(2)21(10-14-28(23,26)32)19-5-6-24(30)33-18-19/h5-6,18,20-23,31-32H,3-4,7-17H2,1-2H3/t20-,21+,22-,23+,25+,26+,27-,28-/m0/s1. The Hall–Kier alpha value is -1.17. The molecule has 0 radical (unpaired) electrons. The highest BCUT2D eigenvalue weighted by molar-refractivity contribution is 5.27. The maximum absolute atomic E-state index is 12.4. The number of likely N-dealkylation sites (tertiary alicyclic amines) is 1. The Kier molecular flexibility index (Phi) is 5.01. The van der Waals surface area contributed by atoms with Crippen LogP contribution in [0.4, 0.5) is 0 Å². The van der Waals surface area contributed by atoms with E-state index in [-0.39, 0.29) is 28.3 Å². The molecule has 182 valence electrons. The zero-order chi connectivity index (χ0) is 23.1. The molecule has 1 saturated heterocycles. The molecule has 8 atom stereocenters. The van der Waals surface area contributed by atoms with E-state index in [1.165, 1.54) is 38.4 Å². The van der Waals surface area contributed by atoms with Gasteiger partial charge in [-0.25, -0.2) is 4.79 Å². The minimum Gasteiger partial charge on any atom is -0.431 e. The quantitative estimate of drug-likeness (QED) is 0.689. The van der Waals surface area contributed by atoms with Gasteiger partial charge in [0.1, 0.15) is 0 Å². The van der Waals surface area contributed by atoms with Crippen LogP contribution in [0, 0.1) is 22.7 Å². The lowest BCUT2D eigenvalue weighted by atomic mass is 9.41. The first-order valence-electron chi connectivity index (χ1n) is 13.5. The fourth-order valence-corrected chi connectivity index (χ4v) is 9.72. The van der Waals surface area contributed by atoms with Crippen molar-refractivity contribution < 1.29 is 14.6 Å². The summed E-state index contributed by atoms with van der Waals surface area (Å²) >= 11 is 0. The molecule has 33 heavy (non-hydrogen) atoms. The Morgan fingerprint density at radius 2 is 1.64 bits per heavy atom. The zero-order valence-electron chi connectivity index (χ0n) is 20.4. The zero-order valence-corrected chi connectivity index (χ0v) is 20.4. The third-order valence-corrected chi connectivity index (χ3v) is 11.7. The van der Waals surface area contributed by atoms with Crippen LogP contribution in [0.15, 0.2) is 27.6 Å². The fourth-order valence-electron chi connectivity index (χ4n) is 9.72. The fraction of sp³-hybridized carbons (Fsp3) is 0.821. The van der Waals surface area contributed by atoms with Crippen LogP contribution >= 0.6 is 0 Å². The molecule has 0 bridgehead atoms. The lowest BCUT2D eigenvalue weighted by Crippen LogP contribution is -2.67. The van der Waals surface area contributed by atoms with Gasteiger partial charge in [-0.15, -0.1) is 0 Å². The van der Waals surface area contributed by atoms with Gasteiger partial charge >= 0.3 is 5.63 Å². The molecule has 1 aromatic heterocycles. The molecule has 1 aromatic rings. The van der Waals surface area contributed by atoms with Gasteiger partial charge in [0.25, 0.3) is 0 Å². The van der Waals surface area contributed by atoms with Gasteiger partial charge in [-0.1, -0.05) is 13.8 Å². The summed E-state index contributed by atoms with van der Waals surface area (Å²) in [6, 6.07) is 3.95. The number of hydrogen-bond donors (Lipinski definition) is 2. The van der Waals surface area contributed by atoms with Gasteiger partial charge in [0.15, 0.2) is 0 Å².